The van der Waals surface area contributed by atoms with Gasteiger partial charge in [0.25, 0.3) is 5.56 Å². The van der Waals surface area contributed by atoms with Gasteiger partial charge in [-0.2, -0.15) is 0 Å². The molecule has 0 bridgehead atoms. The van der Waals surface area contributed by atoms with Gasteiger partial charge in [-0.15, -0.1) is 0 Å². The molecular formula is C19H18N2O3S. The third kappa shape index (κ3) is 2.87. The number of aromatic nitrogens is 2. The highest BCUT2D eigenvalue weighted by molar-refractivity contribution is 7.99. The molecule has 128 valence electrons. The second-order valence-electron chi connectivity index (χ2n) is 5.82. The van der Waals surface area contributed by atoms with Crippen molar-refractivity contribution in [1.82, 2.24) is 9.55 Å². The first-order chi connectivity index (χ1) is 12.2. The molecule has 2 aromatic carbocycles. The number of thioether (sulfide) groups is 1. The standard InChI is InChI=1S/C19H18N2O3S/c1-3-25-19-20-15-6-4-12(2)10-14(15)18(22)21(19)13-5-7-16-17(11-13)24-9-8-23-16/h4-7,10-11H,3,8-9H2,1-2H3. The minimum Gasteiger partial charge on any atom is -0.486 e. The van der Waals surface area contributed by atoms with Gasteiger partial charge in [0.2, 0.25) is 0 Å². The first kappa shape index (κ1) is 16.0. The average molecular weight is 354 g/mol. The summed E-state index contributed by atoms with van der Waals surface area (Å²) in [7, 11) is 0. The largest absolute Gasteiger partial charge is 0.486 e. The Bertz CT molecular complexity index is 1010. The molecule has 0 aliphatic carbocycles. The molecule has 2 heterocycles. The van der Waals surface area contributed by atoms with Gasteiger partial charge in [-0.05, 0) is 36.9 Å². The van der Waals surface area contributed by atoms with Gasteiger partial charge in [0.05, 0.1) is 16.6 Å². The van der Waals surface area contributed by atoms with Crippen LogP contribution in [0.1, 0.15) is 12.5 Å². The summed E-state index contributed by atoms with van der Waals surface area (Å²) in [4.78, 5) is 17.9. The summed E-state index contributed by atoms with van der Waals surface area (Å²) in [6.45, 7) is 5.07. The quantitative estimate of drug-likeness (QED) is 0.532. The first-order valence-electron chi connectivity index (χ1n) is 8.23. The van der Waals surface area contributed by atoms with E-state index in [-0.39, 0.29) is 5.56 Å². The van der Waals surface area contributed by atoms with Gasteiger partial charge in [-0.1, -0.05) is 30.3 Å². The molecule has 5 nitrogen and oxygen atoms in total. The van der Waals surface area contributed by atoms with Gasteiger partial charge in [-0.3, -0.25) is 9.36 Å². The predicted octanol–water partition coefficient (Wildman–Crippen LogP) is 3.58. The van der Waals surface area contributed by atoms with Crippen LogP contribution < -0.4 is 15.0 Å². The van der Waals surface area contributed by atoms with E-state index < -0.39 is 0 Å². The molecule has 6 heteroatoms. The van der Waals surface area contributed by atoms with Crippen molar-refractivity contribution >= 4 is 22.7 Å². The van der Waals surface area contributed by atoms with Crippen molar-refractivity contribution < 1.29 is 9.47 Å². The van der Waals surface area contributed by atoms with E-state index in [2.05, 4.69) is 0 Å². The Labute approximate surface area is 149 Å². The number of hydrogen-bond donors (Lipinski definition) is 0. The maximum atomic E-state index is 13.2. The molecule has 1 aliphatic heterocycles. The van der Waals surface area contributed by atoms with Gasteiger partial charge in [-0.25, -0.2) is 4.98 Å². The van der Waals surface area contributed by atoms with Crippen LogP contribution in [0, 0.1) is 6.92 Å². The fraction of sp³-hybridized carbons (Fsp3) is 0.263. The summed E-state index contributed by atoms with van der Waals surface area (Å²) in [5.41, 5.74) is 2.43. The minimum atomic E-state index is -0.0682. The van der Waals surface area contributed by atoms with Crippen LogP contribution in [0.15, 0.2) is 46.3 Å². The Hall–Kier alpha value is -2.47. The van der Waals surface area contributed by atoms with Gasteiger partial charge >= 0.3 is 0 Å². The molecule has 0 fully saturated rings. The Morgan fingerprint density at radius 1 is 1.12 bits per heavy atom. The molecule has 0 saturated carbocycles. The molecule has 0 atom stereocenters. The fourth-order valence-corrected chi connectivity index (χ4v) is 3.64. The molecule has 4 rings (SSSR count). The number of rotatable bonds is 3. The molecule has 0 saturated heterocycles. The van der Waals surface area contributed by atoms with E-state index in [9.17, 15) is 4.79 Å². The van der Waals surface area contributed by atoms with Crippen molar-refractivity contribution in [3.8, 4) is 17.2 Å². The van der Waals surface area contributed by atoms with Crippen LogP contribution in [0.2, 0.25) is 0 Å². The van der Waals surface area contributed by atoms with Crippen molar-refractivity contribution in [3.63, 3.8) is 0 Å². The first-order valence-corrected chi connectivity index (χ1v) is 9.22. The molecule has 25 heavy (non-hydrogen) atoms. The van der Waals surface area contributed by atoms with Gasteiger partial charge in [0, 0.05) is 6.07 Å². The lowest BCUT2D eigenvalue weighted by atomic mass is 10.1. The number of benzene rings is 2. The summed E-state index contributed by atoms with van der Waals surface area (Å²) in [6.07, 6.45) is 0. The van der Waals surface area contributed by atoms with Crippen LogP contribution in [0.5, 0.6) is 11.5 Å². The van der Waals surface area contributed by atoms with E-state index in [1.165, 1.54) is 0 Å². The van der Waals surface area contributed by atoms with E-state index in [4.69, 9.17) is 14.5 Å². The fourth-order valence-electron chi connectivity index (χ4n) is 2.90. The molecule has 1 aliphatic rings. The van der Waals surface area contributed by atoms with Gasteiger partial charge in [0.15, 0.2) is 16.7 Å². The molecule has 0 amide bonds. The van der Waals surface area contributed by atoms with Crippen LogP contribution in [0.4, 0.5) is 0 Å². The monoisotopic (exact) mass is 354 g/mol. The van der Waals surface area contributed by atoms with E-state index in [1.54, 1.807) is 16.3 Å². The van der Waals surface area contributed by atoms with Crippen molar-refractivity contribution in [1.29, 1.82) is 0 Å². The highest BCUT2D eigenvalue weighted by atomic mass is 32.2. The molecule has 3 aromatic rings. The second-order valence-corrected chi connectivity index (χ2v) is 7.05. The van der Waals surface area contributed by atoms with Crippen LogP contribution in [0.3, 0.4) is 0 Å². The van der Waals surface area contributed by atoms with Gasteiger partial charge < -0.3 is 9.47 Å². The maximum absolute atomic E-state index is 13.2. The van der Waals surface area contributed by atoms with E-state index in [1.807, 2.05) is 50.2 Å². The lowest BCUT2D eigenvalue weighted by molar-refractivity contribution is 0.171. The number of hydrogen-bond acceptors (Lipinski definition) is 5. The summed E-state index contributed by atoms with van der Waals surface area (Å²) in [6, 6.07) is 11.3. The zero-order valence-electron chi connectivity index (χ0n) is 14.1. The summed E-state index contributed by atoms with van der Waals surface area (Å²) in [5.74, 6) is 2.19. The van der Waals surface area contributed by atoms with E-state index >= 15 is 0 Å². The van der Waals surface area contributed by atoms with E-state index in [0.717, 1.165) is 22.5 Å². The van der Waals surface area contributed by atoms with Crippen LogP contribution in [0.25, 0.3) is 16.6 Å². The predicted molar refractivity (Wildman–Crippen MR) is 99.5 cm³/mol. The Morgan fingerprint density at radius 2 is 1.92 bits per heavy atom. The Morgan fingerprint density at radius 3 is 2.72 bits per heavy atom. The highest BCUT2D eigenvalue weighted by Crippen LogP contribution is 2.33. The Balaban J connectivity index is 1.97. The minimum absolute atomic E-state index is 0.0682. The normalized spacial score (nSPS) is 13.2. The molecule has 0 N–H and O–H groups in total. The van der Waals surface area contributed by atoms with Crippen molar-refractivity contribution in [2.45, 2.75) is 19.0 Å². The summed E-state index contributed by atoms with van der Waals surface area (Å²) in [5, 5.41) is 1.30. The number of nitrogens with zero attached hydrogens (tertiary/aromatic N) is 2. The summed E-state index contributed by atoms with van der Waals surface area (Å²) >= 11 is 1.55. The molecule has 0 unspecified atom stereocenters. The number of ether oxygens (including phenoxy) is 2. The number of aryl methyl sites for hydroxylation is 1. The average Bonchev–Trinajstić information content (AvgIpc) is 2.62. The lowest BCUT2D eigenvalue weighted by Crippen LogP contribution is -2.22. The third-order valence-electron chi connectivity index (χ3n) is 4.05. The third-order valence-corrected chi connectivity index (χ3v) is 4.87. The summed E-state index contributed by atoms with van der Waals surface area (Å²) < 4.78 is 12.9. The second kappa shape index (κ2) is 6.44. The van der Waals surface area contributed by atoms with Crippen molar-refractivity contribution in [3.05, 3.63) is 52.3 Å². The maximum Gasteiger partial charge on any atom is 0.266 e. The SMILES string of the molecule is CCSc1nc2ccc(C)cc2c(=O)n1-c1ccc2c(c1)OCCO2. The highest BCUT2D eigenvalue weighted by Gasteiger charge is 2.17. The number of fused-ring (bicyclic) bond motifs is 2. The van der Waals surface area contributed by atoms with E-state index in [0.29, 0.717) is 35.3 Å². The van der Waals surface area contributed by atoms with Crippen molar-refractivity contribution in [2.75, 3.05) is 19.0 Å². The smallest absolute Gasteiger partial charge is 0.266 e. The van der Waals surface area contributed by atoms with Crippen molar-refractivity contribution in [2.24, 2.45) is 0 Å². The molecule has 0 radical (unpaired) electrons. The van der Waals surface area contributed by atoms with Crippen LogP contribution in [-0.2, 0) is 0 Å². The van der Waals surface area contributed by atoms with Gasteiger partial charge in [0.1, 0.15) is 13.2 Å². The topological polar surface area (TPSA) is 53.4 Å². The zero-order chi connectivity index (χ0) is 17.4. The molecular weight excluding hydrogens is 336 g/mol. The lowest BCUT2D eigenvalue weighted by Gasteiger charge is -2.20. The Kier molecular flexibility index (Phi) is 4.13. The molecule has 0 spiro atoms. The van der Waals surface area contributed by atoms with Crippen LogP contribution in [-0.4, -0.2) is 28.5 Å². The molecule has 1 aromatic heterocycles. The van der Waals surface area contributed by atoms with Crippen LogP contribution >= 0.6 is 11.8 Å². The zero-order valence-corrected chi connectivity index (χ0v) is 14.9.